The van der Waals surface area contributed by atoms with Crippen molar-refractivity contribution >= 4 is 11.0 Å². The molecule has 0 aliphatic carbocycles. The lowest BCUT2D eigenvalue weighted by atomic mass is 9.86. The summed E-state index contributed by atoms with van der Waals surface area (Å²) in [7, 11) is 0. The van der Waals surface area contributed by atoms with Crippen LogP contribution in [0.2, 0.25) is 0 Å². The highest BCUT2D eigenvalue weighted by Crippen LogP contribution is 2.36. The van der Waals surface area contributed by atoms with Crippen LogP contribution < -0.4 is 10.2 Å². The summed E-state index contributed by atoms with van der Waals surface area (Å²) in [6.45, 7) is 6.53. The summed E-state index contributed by atoms with van der Waals surface area (Å²) < 4.78 is 12.9. The van der Waals surface area contributed by atoms with Gasteiger partial charge in [0.2, 0.25) is 11.2 Å². The maximum absolute atomic E-state index is 13.8. The molecule has 3 heteroatoms. The molecule has 5 rings (SSSR count). The minimum atomic E-state index is -0.464. The second-order valence-corrected chi connectivity index (χ2v) is 9.73. The van der Waals surface area contributed by atoms with Gasteiger partial charge in [-0.05, 0) is 34.2 Å². The van der Waals surface area contributed by atoms with Crippen LogP contribution in [0.1, 0.15) is 43.6 Å². The third-order valence-corrected chi connectivity index (χ3v) is 6.21. The summed E-state index contributed by atoms with van der Waals surface area (Å²) >= 11 is 0. The molecule has 0 spiro atoms. The van der Waals surface area contributed by atoms with Gasteiger partial charge in [0, 0.05) is 5.56 Å². The predicted molar refractivity (Wildman–Crippen MR) is 142 cm³/mol. The third kappa shape index (κ3) is 4.63. The van der Waals surface area contributed by atoms with Gasteiger partial charge in [0.15, 0.2) is 5.76 Å². The van der Waals surface area contributed by atoms with Gasteiger partial charge in [-0.25, -0.2) is 0 Å². The van der Waals surface area contributed by atoms with E-state index >= 15 is 0 Å². The van der Waals surface area contributed by atoms with Gasteiger partial charge in [0.05, 0.1) is 5.39 Å². The van der Waals surface area contributed by atoms with Gasteiger partial charge in [0.1, 0.15) is 11.7 Å². The smallest absolute Gasteiger partial charge is 0.235 e. The van der Waals surface area contributed by atoms with Crippen molar-refractivity contribution in [1.82, 2.24) is 0 Å². The molecule has 0 aliphatic rings. The first kappa shape index (κ1) is 22.7. The summed E-state index contributed by atoms with van der Waals surface area (Å²) in [4.78, 5) is 13.8. The van der Waals surface area contributed by atoms with Crippen LogP contribution in [0.15, 0.2) is 118 Å². The quantitative estimate of drug-likeness (QED) is 0.267. The highest BCUT2D eigenvalue weighted by atomic mass is 16.5. The van der Waals surface area contributed by atoms with E-state index in [4.69, 9.17) is 9.15 Å². The number of hydrogen-bond donors (Lipinski definition) is 0. The van der Waals surface area contributed by atoms with E-state index in [1.54, 1.807) is 6.07 Å². The SMILES string of the molecule is CC(C)(C)c1ccc(-c2oc3ccccc3c(=O)c2OC(c2ccccc2)c2ccccc2)cc1. The maximum atomic E-state index is 13.8. The zero-order valence-corrected chi connectivity index (χ0v) is 20.2. The average molecular weight is 461 g/mol. The monoisotopic (exact) mass is 460 g/mol. The third-order valence-electron chi connectivity index (χ3n) is 6.21. The Morgan fingerprint density at radius 2 is 1.23 bits per heavy atom. The second kappa shape index (κ2) is 9.27. The van der Waals surface area contributed by atoms with E-state index in [2.05, 4.69) is 32.9 Å². The van der Waals surface area contributed by atoms with Crippen LogP contribution >= 0.6 is 0 Å². The summed E-state index contributed by atoms with van der Waals surface area (Å²) in [5.74, 6) is 0.649. The van der Waals surface area contributed by atoms with E-state index in [0.29, 0.717) is 16.7 Å². The van der Waals surface area contributed by atoms with Crippen LogP contribution in [-0.2, 0) is 5.41 Å². The van der Waals surface area contributed by atoms with Crippen LogP contribution in [0.25, 0.3) is 22.3 Å². The minimum absolute atomic E-state index is 0.0216. The Morgan fingerprint density at radius 3 is 1.80 bits per heavy atom. The van der Waals surface area contributed by atoms with Gasteiger partial charge in [-0.3, -0.25) is 4.79 Å². The number of hydrogen-bond acceptors (Lipinski definition) is 3. The standard InChI is InChI=1S/C32H28O3/c1-32(2,3)25-20-18-24(19-21-25)30-31(28(33)26-16-10-11-17-27(26)34-30)35-29(22-12-6-4-7-13-22)23-14-8-5-9-15-23/h4-21,29H,1-3H3. The van der Waals surface area contributed by atoms with E-state index in [9.17, 15) is 4.79 Å². The average Bonchev–Trinajstić information content (AvgIpc) is 2.89. The molecule has 0 unspecified atom stereocenters. The summed E-state index contributed by atoms with van der Waals surface area (Å²) in [5, 5.41) is 0.498. The van der Waals surface area contributed by atoms with Gasteiger partial charge < -0.3 is 9.15 Å². The zero-order chi connectivity index (χ0) is 24.4. The second-order valence-electron chi connectivity index (χ2n) is 9.73. The summed E-state index contributed by atoms with van der Waals surface area (Å²) in [6.07, 6.45) is -0.464. The molecule has 0 saturated carbocycles. The lowest BCUT2D eigenvalue weighted by Crippen LogP contribution is -2.16. The molecule has 1 aromatic heterocycles. The van der Waals surface area contributed by atoms with E-state index in [1.165, 1.54) is 5.56 Å². The van der Waals surface area contributed by atoms with Crippen LogP contribution in [-0.4, -0.2) is 0 Å². The Kier molecular flexibility index (Phi) is 6.00. The highest BCUT2D eigenvalue weighted by Gasteiger charge is 2.24. The molecule has 0 N–H and O–H groups in total. The first-order valence-electron chi connectivity index (χ1n) is 11.8. The van der Waals surface area contributed by atoms with Crippen molar-refractivity contribution in [3.05, 3.63) is 136 Å². The van der Waals surface area contributed by atoms with E-state index in [-0.39, 0.29) is 16.6 Å². The molecule has 5 aromatic rings. The molecule has 0 aliphatic heterocycles. The van der Waals surface area contributed by atoms with Crippen LogP contribution in [0.3, 0.4) is 0 Å². The van der Waals surface area contributed by atoms with Crippen molar-refractivity contribution in [1.29, 1.82) is 0 Å². The Morgan fingerprint density at radius 1 is 0.686 bits per heavy atom. The maximum Gasteiger partial charge on any atom is 0.235 e. The lowest BCUT2D eigenvalue weighted by Gasteiger charge is -2.22. The van der Waals surface area contributed by atoms with Crippen molar-refractivity contribution in [2.45, 2.75) is 32.3 Å². The van der Waals surface area contributed by atoms with Gasteiger partial charge >= 0.3 is 0 Å². The van der Waals surface area contributed by atoms with Crippen molar-refractivity contribution in [3.8, 4) is 17.1 Å². The lowest BCUT2D eigenvalue weighted by molar-refractivity contribution is 0.241. The van der Waals surface area contributed by atoms with Crippen molar-refractivity contribution in [2.24, 2.45) is 0 Å². The van der Waals surface area contributed by atoms with E-state index in [0.717, 1.165) is 16.7 Å². The van der Waals surface area contributed by atoms with Crippen LogP contribution in [0, 0.1) is 0 Å². The molecule has 35 heavy (non-hydrogen) atoms. The number of para-hydroxylation sites is 1. The number of rotatable bonds is 5. The first-order valence-corrected chi connectivity index (χ1v) is 11.8. The summed E-state index contributed by atoms with van der Waals surface area (Å²) in [6, 6.07) is 35.4. The van der Waals surface area contributed by atoms with Gasteiger partial charge in [-0.15, -0.1) is 0 Å². The Bertz CT molecular complexity index is 1450. The van der Waals surface area contributed by atoms with Crippen molar-refractivity contribution < 1.29 is 9.15 Å². The Hall–Kier alpha value is -4.11. The van der Waals surface area contributed by atoms with Crippen molar-refractivity contribution in [3.63, 3.8) is 0 Å². The van der Waals surface area contributed by atoms with Gasteiger partial charge in [-0.2, -0.15) is 0 Å². The zero-order valence-electron chi connectivity index (χ0n) is 20.2. The van der Waals surface area contributed by atoms with E-state index < -0.39 is 6.10 Å². The molecule has 4 aromatic carbocycles. The molecule has 0 saturated heterocycles. The number of benzene rings is 4. The topological polar surface area (TPSA) is 39.4 Å². The van der Waals surface area contributed by atoms with E-state index in [1.807, 2.05) is 91.0 Å². The molecular weight excluding hydrogens is 432 g/mol. The first-order chi connectivity index (χ1) is 16.9. The predicted octanol–water partition coefficient (Wildman–Crippen LogP) is 7.93. The molecule has 0 bridgehead atoms. The fraction of sp³-hybridized carbons (Fsp3) is 0.156. The normalized spacial score (nSPS) is 11.7. The van der Waals surface area contributed by atoms with Crippen LogP contribution in [0.4, 0.5) is 0 Å². The molecule has 1 heterocycles. The Labute approximate surface area is 205 Å². The number of ether oxygens (including phenoxy) is 1. The minimum Gasteiger partial charge on any atom is -0.473 e. The fourth-order valence-corrected chi connectivity index (χ4v) is 4.25. The molecule has 0 atom stereocenters. The van der Waals surface area contributed by atoms with Gasteiger partial charge in [-0.1, -0.05) is 118 Å². The molecule has 0 radical (unpaired) electrons. The Balaban J connectivity index is 1.70. The molecule has 0 amide bonds. The highest BCUT2D eigenvalue weighted by molar-refractivity contribution is 5.82. The fourth-order valence-electron chi connectivity index (χ4n) is 4.25. The molecule has 3 nitrogen and oxygen atoms in total. The number of fused-ring (bicyclic) bond motifs is 1. The largest absolute Gasteiger partial charge is 0.473 e. The van der Waals surface area contributed by atoms with Crippen molar-refractivity contribution in [2.75, 3.05) is 0 Å². The molecular formula is C32H28O3. The van der Waals surface area contributed by atoms with Crippen LogP contribution in [0.5, 0.6) is 5.75 Å². The summed E-state index contributed by atoms with van der Waals surface area (Å²) in [5.41, 5.74) is 4.30. The molecule has 174 valence electrons. The molecule has 0 fully saturated rings. The van der Waals surface area contributed by atoms with Gasteiger partial charge in [0.25, 0.3) is 0 Å².